The van der Waals surface area contributed by atoms with Crippen molar-refractivity contribution >= 4 is 10.0 Å². The van der Waals surface area contributed by atoms with Crippen molar-refractivity contribution in [3.05, 3.63) is 71.5 Å². The summed E-state index contributed by atoms with van der Waals surface area (Å²) in [6, 6.07) is 15.8. The number of halogens is 1. The Morgan fingerprint density at radius 3 is 2.08 bits per heavy atom. The molecule has 0 radical (unpaired) electrons. The van der Waals surface area contributed by atoms with E-state index in [4.69, 9.17) is 0 Å². The van der Waals surface area contributed by atoms with E-state index in [1.807, 2.05) is 30.3 Å². The van der Waals surface area contributed by atoms with Gasteiger partial charge in [0.1, 0.15) is 5.82 Å². The molecule has 0 N–H and O–H groups in total. The van der Waals surface area contributed by atoms with E-state index in [0.29, 0.717) is 26.2 Å². The lowest BCUT2D eigenvalue weighted by Gasteiger charge is -2.44. The zero-order chi connectivity index (χ0) is 18.8. The predicted octanol–water partition coefficient (Wildman–Crippen LogP) is 3.21. The van der Waals surface area contributed by atoms with Crippen molar-refractivity contribution in [2.75, 3.05) is 26.2 Å². The van der Waals surface area contributed by atoms with Gasteiger partial charge in [0, 0.05) is 31.7 Å². The van der Waals surface area contributed by atoms with Gasteiger partial charge in [-0.3, -0.25) is 4.90 Å². The van der Waals surface area contributed by atoms with E-state index in [1.165, 1.54) is 12.1 Å². The van der Waals surface area contributed by atoms with E-state index < -0.39 is 10.0 Å². The second-order valence-electron chi connectivity index (χ2n) is 7.19. The highest BCUT2D eigenvalue weighted by Gasteiger charge is 2.34. The fourth-order valence-corrected chi connectivity index (χ4v) is 4.96. The maximum absolute atomic E-state index is 13.2. The molecular formula is C20H25FN2O2S. The van der Waals surface area contributed by atoms with Crippen LogP contribution in [-0.2, 0) is 21.3 Å². The fourth-order valence-electron chi connectivity index (χ4n) is 3.44. The number of rotatable bonds is 5. The maximum atomic E-state index is 13.2. The van der Waals surface area contributed by atoms with Crippen LogP contribution >= 0.6 is 0 Å². The number of sulfonamides is 1. The Balaban J connectivity index is 1.65. The molecule has 0 aromatic heterocycles. The van der Waals surface area contributed by atoms with E-state index in [1.54, 1.807) is 16.4 Å². The predicted molar refractivity (Wildman–Crippen MR) is 102 cm³/mol. The summed E-state index contributed by atoms with van der Waals surface area (Å²) in [6.45, 7) is 6.43. The molecule has 1 aliphatic rings. The molecule has 0 amide bonds. The molecule has 6 heteroatoms. The molecule has 2 aromatic rings. The second kappa shape index (κ2) is 7.47. The average molecular weight is 376 g/mol. The highest BCUT2D eigenvalue weighted by atomic mass is 32.2. The smallest absolute Gasteiger partial charge is 0.218 e. The summed E-state index contributed by atoms with van der Waals surface area (Å²) in [4.78, 5) is 2.26. The SMILES string of the molecule is CC(C)(c1ccc(F)cc1)N1CCN(S(=O)(=O)Cc2ccccc2)CC1. The first-order chi connectivity index (χ1) is 12.3. The number of benzene rings is 2. The van der Waals surface area contributed by atoms with Crippen molar-refractivity contribution in [3.63, 3.8) is 0 Å². The summed E-state index contributed by atoms with van der Waals surface area (Å²) in [5.74, 6) is -0.212. The minimum absolute atomic E-state index is 0.0369. The van der Waals surface area contributed by atoms with Crippen molar-refractivity contribution < 1.29 is 12.8 Å². The van der Waals surface area contributed by atoms with Gasteiger partial charge in [-0.2, -0.15) is 4.31 Å². The van der Waals surface area contributed by atoms with Gasteiger partial charge in [-0.05, 0) is 37.1 Å². The lowest BCUT2D eigenvalue weighted by Crippen LogP contribution is -2.54. The summed E-state index contributed by atoms with van der Waals surface area (Å²) >= 11 is 0. The zero-order valence-corrected chi connectivity index (χ0v) is 16.0. The van der Waals surface area contributed by atoms with E-state index in [9.17, 15) is 12.8 Å². The highest BCUT2D eigenvalue weighted by Crippen LogP contribution is 2.29. The van der Waals surface area contributed by atoms with Gasteiger partial charge in [0.15, 0.2) is 0 Å². The molecule has 4 nitrogen and oxygen atoms in total. The normalized spacial score (nSPS) is 17.3. The molecule has 0 aliphatic carbocycles. The molecule has 26 heavy (non-hydrogen) atoms. The molecule has 0 spiro atoms. The van der Waals surface area contributed by atoms with Crippen LogP contribution < -0.4 is 0 Å². The third-order valence-electron chi connectivity index (χ3n) is 5.17. The third kappa shape index (κ3) is 4.14. The molecule has 1 aliphatic heterocycles. The lowest BCUT2D eigenvalue weighted by atomic mass is 9.91. The van der Waals surface area contributed by atoms with Crippen LogP contribution in [0.3, 0.4) is 0 Å². The van der Waals surface area contributed by atoms with Gasteiger partial charge < -0.3 is 0 Å². The number of hydrogen-bond acceptors (Lipinski definition) is 3. The summed E-state index contributed by atoms with van der Waals surface area (Å²) in [6.07, 6.45) is 0. The quantitative estimate of drug-likeness (QED) is 0.805. The molecule has 0 atom stereocenters. The van der Waals surface area contributed by atoms with E-state index in [0.717, 1.165) is 11.1 Å². The Labute approximate surface area is 155 Å². The number of nitrogens with zero attached hydrogens (tertiary/aromatic N) is 2. The zero-order valence-electron chi connectivity index (χ0n) is 15.2. The molecule has 0 saturated carbocycles. The Morgan fingerprint density at radius 2 is 1.50 bits per heavy atom. The molecule has 0 bridgehead atoms. The van der Waals surface area contributed by atoms with Crippen molar-refractivity contribution in [2.24, 2.45) is 0 Å². The highest BCUT2D eigenvalue weighted by molar-refractivity contribution is 7.88. The fraction of sp³-hybridized carbons (Fsp3) is 0.400. The van der Waals surface area contributed by atoms with Crippen molar-refractivity contribution in [2.45, 2.75) is 25.1 Å². The Bertz CT molecular complexity index is 828. The first-order valence-electron chi connectivity index (χ1n) is 8.82. The summed E-state index contributed by atoms with van der Waals surface area (Å²) in [5, 5.41) is 0. The van der Waals surface area contributed by atoms with Gasteiger partial charge in [-0.25, -0.2) is 12.8 Å². The summed E-state index contributed by atoms with van der Waals surface area (Å²) in [7, 11) is -3.32. The molecule has 1 heterocycles. The van der Waals surface area contributed by atoms with Gasteiger partial charge in [-0.1, -0.05) is 42.5 Å². The third-order valence-corrected chi connectivity index (χ3v) is 7.02. The minimum Gasteiger partial charge on any atom is -0.292 e. The van der Waals surface area contributed by atoms with Gasteiger partial charge >= 0.3 is 0 Å². The summed E-state index contributed by atoms with van der Waals surface area (Å²) < 4.78 is 40.1. The minimum atomic E-state index is -3.32. The molecule has 0 unspecified atom stereocenters. The first-order valence-corrected chi connectivity index (χ1v) is 10.4. The van der Waals surface area contributed by atoms with Crippen LogP contribution in [0.15, 0.2) is 54.6 Å². The molecule has 2 aromatic carbocycles. The Kier molecular flexibility index (Phi) is 5.46. The van der Waals surface area contributed by atoms with Gasteiger partial charge in [-0.15, -0.1) is 0 Å². The van der Waals surface area contributed by atoms with Crippen LogP contribution in [0, 0.1) is 5.82 Å². The largest absolute Gasteiger partial charge is 0.292 e. The maximum Gasteiger partial charge on any atom is 0.218 e. The van der Waals surface area contributed by atoms with Gasteiger partial charge in [0.2, 0.25) is 10.0 Å². The van der Waals surface area contributed by atoms with E-state index in [-0.39, 0.29) is 17.1 Å². The van der Waals surface area contributed by atoms with Crippen LogP contribution in [0.1, 0.15) is 25.0 Å². The first kappa shape index (κ1) is 19.0. The number of hydrogen-bond donors (Lipinski definition) is 0. The summed E-state index contributed by atoms with van der Waals surface area (Å²) in [5.41, 5.74) is 1.56. The average Bonchev–Trinajstić information content (AvgIpc) is 2.63. The van der Waals surface area contributed by atoms with Crippen molar-refractivity contribution in [3.8, 4) is 0 Å². The standard InChI is InChI=1S/C20H25FN2O2S/c1-20(2,18-8-10-19(21)11-9-18)22-12-14-23(15-13-22)26(24,25)16-17-6-4-3-5-7-17/h3-11H,12-16H2,1-2H3. The molecule has 1 saturated heterocycles. The van der Waals surface area contributed by atoms with Gasteiger partial charge in [0.05, 0.1) is 5.75 Å². The topological polar surface area (TPSA) is 40.6 Å². The van der Waals surface area contributed by atoms with E-state index in [2.05, 4.69) is 18.7 Å². The molecule has 140 valence electrons. The van der Waals surface area contributed by atoms with Crippen LogP contribution in [-0.4, -0.2) is 43.8 Å². The van der Waals surface area contributed by atoms with Crippen molar-refractivity contribution in [1.29, 1.82) is 0 Å². The molecule has 1 fully saturated rings. The molecule has 3 rings (SSSR count). The Hall–Kier alpha value is -1.76. The lowest BCUT2D eigenvalue weighted by molar-refractivity contribution is 0.0776. The molecular weight excluding hydrogens is 351 g/mol. The second-order valence-corrected chi connectivity index (χ2v) is 9.16. The van der Waals surface area contributed by atoms with Crippen LogP contribution in [0.4, 0.5) is 4.39 Å². The van der Waals surface area contributed by atoms with Crippen LogP contribution in [0.5, 0.6) is 0 Å². The van der Waals surface area contributed by atoms with Gasteiger partial charge in [0.25, 0.3) is 0 Å². The monoisotopic (exact) mass is 376 g/mol. The van der Waals surface area contributed by atoms with Crippen molar-refractivity contribution in [1.82, 2.24) is 9.21 Å². The van der Waals surface area contributed by atoms with Crippen LogP contribution in [0.2, 0.25) is 0 Å². The number of piperazine rings is 1. The Morgan fingerprint density at radius 1 is 0.923 bits per heavy atom. The van der Waals surface area contributed by atoms with Crippen LogP contribution in [0.25, 0.3) is 0 Å². The van der Waals surface area contributed by atoms with E-state index >= 15 is 0 Å².